The molecule has 2 aliphatic rings. The number of nitrogens with one attached hydrogen (secondary N) is 2. The highest BCUT2D eigenvalue weighted by Gasteiger charge is 2.26. The van der Waals surface area contributed by atoms with E-state index in [1.165, 1.54) is 12.8 Å². The molecule has 0 aromatic heterocycles. The fourth-order valence-corrected chi connectivity index (χ4v) is 3.55. The molecule has 1 saturated carbocycles. The number of hydrogen-bond acceptors (Lipinski definition) is 3. The third kappa shape index (κ3) is 2.08. The van der Waals surface area contributed by atoms with E-state index in [2.05, 4.69) is 15.0 Å². The van der Waals surface area contributed by atoms with Crippen LogP contribution in [0, 0.1) is 0 Å². The number of rotatable bonds is 1. The number of guanidine groups is 1. The summed E-state index contributed by atoms with van der Waals surface area (Å²) in [4.78, 5) is 4.72. The van der Waals surface area contributed by atoms with Crippen LogP contribution in [0.15, 0.2) is 34.2 Å². The van der Waals surface area contributed by atoms with Crippen molar-refractivity contribution >= 4 is 21.7 Å². The Morgan fingerprint density at radius 2 is 1.89 bits per heavy atom. The molecule has 0 unspecified atom stereocenters. The van der Waals surface area contributed by atoms with Crippen LogP contribution in [0.3, 0.4) is 0 Å². The molecule has 1 heterocycles. The molecule has 6 heteroatoms. The molecule has 0 spiro atoms. The highest BCUT2D eigenvalue weighted by molar-refractivity contribution is 7.90. The monoisotopic (exact) mass is 265 g/mol. The molecule has 1 fully saturated rings. The smallest absolute Gasteiger partial charge is 0.266 e. The molecule has 3 rings (SSSR count). The first-order valence-corrected chi connectivity index (χ1v) is 7.60. The van der Waals surface area contributed by atoms with Gasteiger partial charge in [0.1, 0.15) is 4.90 Å². The predicted molar refractivity (Wildman–Crippen MR) is 70.1 cm³/mol. The summed E-state index contributed by atoms with van der Waals surface area (Å²) in [6.07, 6.45) is 4.42. The summed E-state index contributed by atoms with van der Waals surface area (Å²) < 4.78 is 26.5. The van der Waals surface area contributed by atoms with Gasteiger partial charge in [0, 0.05) is 0 Å². The van der Waals surface area contributed by atoms with Crippen molar-refractivity contribution in [3.8, 4) is 0 Å². The van der Waals surface area contributed by atoms with E-state index < -0.39 is 10.0 Å². The second-order valence-electron chi connectivity index (χ2n) is 4.64. The molecule has 96 valence electrons. The Labute approximate surface area is 106 Å². The van der Waals surface area contributed by atoms with Crippen LogP contribution in [0.5, 0.6) is 0 Å². The van der Waals surface area contributed by atoms with Crippen LogP contribution >= 0.6 is 0 Å². The first kappa shape index (κ1) is 11.5. The molecule has 2 N–H and O–H groups in total. The number of hydrogen-bond donors (Lipinski definition) is 2. The highest BCUT2D eigenvalue weighted by Crippen LogP contribution is 2.25. The number of sulfonamides is 1. The fraction of sp³-hybridized carbons (Fsp3) is 0.417. The fourth-order valence-electron chi connectivity index (χ4n) is 2.41. The number of fused-ring (bicyclic) bond motifs is 1. The SMILES string of the molecule is O=S1(=O)NC(=NC2CCCC2)Nc2ccccc21. The minimum Gasteiger partial charge on any atom is -0.324 e. The van der Waals surface area contributed by atoms with Crippen molar-refractivity contribution in [3.63, 3.8) is 0 Å². The van der Waals surface area contributed by atoms with E-state index in [1.807, 2.05) is 0 Å². The summed E-state index contributed by atoms with van der Waals surface area (Å²) in [5.74, 6) is 0.348. The van der Waals surface area contributed by atoms with E-state index in [1.54, 1.807) is 24.3 Å². The molecule has 1 aromatic rings. The molecule has 1 aromatic carbocycles. The van der Waals surface area contributed by atoms with Gasteiger partial charge >= 0.3 is 0 Å². The summed E-state index contributed by atoms with van der Waals surface area (Å²) in [5.41, 5.74) is 0.591. The standard InChI is InChI=1S/C12H15N3O2S/c16-18(17)11-8-4-3-7-10(11)14-12(15-18)13-9-5-1-2-6-9/h3-4,7-9H,1-2,5-6H2,(H2,13,14,15). The molecule has 0 bridgehead atoms. The number of benzene rings is 1. The summed E-state index contributed by atoms with van der Waals surface area (Å²) in [6, 6.07) is 7.08. The van der Waals surface area contributed by atoms with Crippen molar-refractivity contribution in [2.24, 2.45) is 4.99 Å². The molecular formula is C12H15N3O2S. The lowest BCUT2D eigenvalue weighted by atomic mass is 10.3. The molecule has 1 aliphatic heterocycles. The van der Waals surface area contributed by atoms with Crippen LogP contribution in [-0.4, -0.2) is 20.4 Å². The normalized spacial score (nSPS) is 24.3. The molecule has 0 radical (unpaired) electrons. The topological polar surface area (TPSA) is 70.6 Å². The molecule has 5 nitrogen and oxygen atoms in total. The van der Waals surface area contributed by atoms with Gasteiger partial charge in [-0.2, -0.15) is 0 Å². The average Bonchev–Trinajstić information content (AvgIpc) is 2.81. The van der Waals surface area contributed by atoms with Gasteiger partial charge in [-0.25, -0.2) is 18.1 Å². The van der Waals surface area contributed by atoms with Crippen molar-refractivity contribution in [1.82, 2.24) is 4.72 Å². The Hall–Kier alpha value is -1.56. The van der Waals surface area contributed by atoms with E-state index in [-0.39, 0.29) is 10.9 Å². The maximum Gasteiger partial charge on any atom is 0.266 e. The van der Waals surface area contributed by atoms with Gasteiger partial charge in [-0.05, 0) is 25.0 Å². The van der Waals surface area contributed by atoms with Crippen LogP contribution in [0.4, 0.5) is 5.69 Å². The minimum absolute atomic E-state index is 0.237. The zero-order valence-corrected chi connectivity index (χ0v) is 10.7. The molecule has 0 atom stereocenters. The average molecular weight is 265 g/mol. The van der Waals surface area contributed by atoms with E-state index >= 15 is 0 Å². The molecule has 18 heavy (non-hydrogen) atoms. The first-order valence-electron chi connectivity index (χ1n) is 6.12. The molecule has 0 saturated heterocycles. The van der Waals surface area contributed by atoms with Gasteiger partial charge in [0.05, 0.1) is 11.7 Å². The number of para-hydroxylation sites is 1. The van der Waals surface area contributed by atoms with Crippen molar-refractivity contribution in [2.45, 2.75) is 36.6 Å². The lowest BCUT2D eigenvalue weighted by molar-refractivity contribution is 0.591. The van der Waals surface area contributed by atoms with Crippen molar-refractivity contribution < 1.29 is 8.42 Å². The Bertz CT molecular complexity index is 589. The van der Waals surface area contributed by atoms with Crippen LogP contribution in [0.25, 0.3) is 0 Å². The van der Waals surface area contributed by atoms with E-state index in [0.29, 0.717) is 11.6 Å². The largest absolute Gasteiger partial charge is 0.324 e. The number of anilines is 1. The maximum atomic E-state index is 12.0. The second-order valence-corrected chi connectivity index (χ2v) is 6.29. The van der Waals surface area contributed by atoms with Crippen LogP contribution < -0.4 is 10.0 Å². The quantitative estimate of drug-likeness (QED) is 0.811. The zero-order valence-electron chi connectivity index (χ0n) is 9.89. The Kier molecular flexibility index (Phi) is 2.74. The summed E-state index contributed by atoms with van der Waals surface area (Å²) in [5, 5.41) is 3.04. The van der Waals surface area contributed by atoms with Gasteiger partial charge in [0.15, 0.2) is 0 Å². The van der Waals surface area contributed by atoms with E-state index in [0.717, 1.165) is 12.8 Å². The first-order chi connectivity index (χ1) is 8.65. The Morgan fingerprint density at radius 1 is 1.17 bits per heavy atom. The van der Waals surface area contributed by atoms with Crippen LogP contribution in [0.2, 0.25) is 0 Å². The van der Waals surface area contributed by atoms with Gasteiger partial charge in [-0.1, -0.05) is 25.0 Å². The third-order valence-electron chi connectivity index (χ3n) is 3.30. The van der Waals surface area contributed by atoms with E-state index in [4.69, 9.17) is 0 Å². The van der Waals surface area contributed by atoms with Crippen LogP contribution in [0.1, 0.15) is 25.7 Å². The van der Waals surface area contributed by atoms with Crippen molar-refractivity contribution in [3.05, 3.63) is 24.3 Å². The van der Waals surface area contributed by atoms with Gasteiger partial charge in [0.2, 0.25) is 5.96 Å². The summed E-state index contributed by atoms with van der Waals surface area (Å²) in [6.45, 7) is 0. The van der Waals surface area contributed by atoms with Gasteiger partial charge in [-0.15, -0.1) is 0 Å². The molecule has 1 aliphatic carbocycles. The minimum atomic E-state index is -3.48. The Morgan fingerprint density at radius 3 is 2.67 bits per heavy atom. The second kappa shape index (κ2) is 4.28. The zero-order chi connectivity index (χ0) is 12.6. The Balaban J connectivity index is 1.95. The van der Waals surface area contributed by atoms with Crippen molar-refractivity contribution in [1.29, 1.82) is 0 Å². The number of aliphatic imine (C=N–C) groups is 1. The van der Waals surface area contributed by atoms with Crippen molar-refractivity contribution in [2.75, 3.05) is 5.32 Å². The summed E-state index contributed by atoms with van der Waals surface area (Å²) in [7, 11) is -3.48. The van der Waals surface area contributed by atoms with Gasteiger partial charge in [0.25, 0.3) is 10.0 Å². The summed E-state index contributed by atoms with van der Waals surface area (Å²) >= 11 is 0. The lowest BCUT2D eigenvalue weighted by Crippen LogP contribution is -2.41. The predicted octanol–water partition coefficient (Wildman–Crippen LogP) is 1.69. The highest BCUT2D eigenvalue weighted by atomic mass is 32.2. The lowest BCUT2D eigenvalue weighted by Gasteiger charge is -2.22. The maximum absolute atomic E-state index is 12.0. The van der Waals surface area contributed by atoms with Crippen LogP contribution in [-0.2, 0) is 10.0 Å². The third-order valence-corrected chi connectivity index (χ3v) is 4.69. The number of nitrogens with zero attached hydrogens (tertiary/aromatic N) is 1. The van der Waals surface area contributed by atoms with Gasteiger partial charge < -0.3 is 5.32 Å². The van der Waals surface area contributed by atoms with Gasteiger partial charge in [-0.3, -0.25) is 0 Å². The molecular weight excluding hydrogens is 250 g/mol. The molecule has 0 amide bonds. The van der Waals surface area contributed by atoms with E-state index in [9.17, 15) is 8.42 Å².